The molecule has 0 aromatic heterocycles. The minimum Gasteiger partial charge on any atom is -0.451 e. The Morgan fingerprint density at radius 2 is 1.74 bits per heavy atom. The number of ketones is 1. The third-order valence-electron chi connectivity index (χ3n) is 3.34. The van der Waals surface area contributed by atoms with Gasteiger partial charge in [0, 0.05) is 17.2 Å². The molecule has 6 heteroatoms. The maximum atomic E-state index is 12.2. The molecule has 0 saturated heterocycles. The quantitative estimate of drug-likeness (QED) is 0.366. The normalized spacial score (nSPS) is 11.6. The lowest BCUT2D eigenvalue weighted by Gasteiger charge is -2.12. The van der Waals surface area contributed by atoms with Crippen LogP contribution in [0, 0.1) is 17.0 Å². The van der Waals surface area contributed by atoms with Crippen molar-refractivity contribution in [2.75, 3.05) is 0 Å². The molecule has 2 rings (SSSR count). The second-order valence-electron chi connectivity index (χ2n) is 5.04. The van der Waals surface area contributed by atoms with Gasteiger partial charge in [0.15, 0.2) is 6.10 Å². The minimum atomic E-state index is -0.944. The van der Waals surface area contributed by atoms with Gasteiger partial charge in [0.1, 0.15) is 0 Å². The molecule has 6 nitrogen and oxygen atoms in total. The molecule has 0 aliphatic carbocycles. The Kier molecular flexibility index (Phi) is 4.85. The Labute approximate surface area is 132 Å². The van der Waals surface area contributed by atoms with Crippen molar-refractivity contribution in [2.45, 2.75) is 20.0 Å². The van der Waals surface area contributed by atoms with Crippen LogP contribution in [-0.2, 0) is 4.74 Å². The molecule has 0 spiro atoms. The van der Waals surface area contributed by atoms with Crippen LogP contribution in [0.4, 0.5) is 5.69 Å². The first-order valence-electron chi connectivity index (χ1n) is 6.95. The van der Waals surface area contributed by atoms with Gasteiger partial charge in [-0.1, -0.05) is 30.3 Å². The largest absolute Gasteiger partial charge is 0.451 e. The van der Waals surface area contributed by atoms with Gasteiger partial charge >= 0.3 is 5.97 Å². The maximum Gasteiger partial charge on any atom is 0.338 e. The van der Waals surface area contributed by atoms with Crippen molar-refractivity contribution in [1.82, 2.24) is 0 Å². The van der Waals surface area contributed by atoms with Crippen molar-refractivity contribution >= 4 is 17.4 Å². The van der Waals surface area contributed by atoms with Crippen LogP contribution in [0.2, 0.25) is 0 Å². The second-order valence-corrected chi connectivity index (χ2v) is 5.04. The van der Waals surface area contributed by atoms with Crippen LogP contribution in [0.25, 0.3) is 0 Å². The van der Waals surface area contributed by atoms with Crippen molar-refractivity contribution < 1.29 is 19.2 Å². The van der Waals surface area contributed by atoms with E-state index in [9.17, 15) is 19.7 Å². The van der Waals surface area contributed by atoms with Gasteiger partial charge in [-0.05, 0) is 26.0 Å². The van der Waals surface area contributed by atoms with Gasteiger partial charge in [-0.25, -0.2) is 4.79 Å². The smallest absolute Gasteiger partial charge is 0.338 e. The second kappa shape index (κ2) is 6.83. The van der Waals surface area contributed by atoms with E-state index in [0.717, 1.165) is 0 Å². The zero-order valence-corrected chi connectivity index (χ0v) is 12.7. The first-order chi connectivity index (χ1) is 10.9. The number of nitrogens with zero attached hydrogens (tertiary/aromatic N) is 1. The van der Waals surface area contributed by atoms with Crippen LogP contribution < -0.4 is 0 Å². The molecule has 0 radical (unpaired) electrons. The Bertz CT molecular complexity index is 755. The van der Waals surface area contributed by atoms with E-state index < -0.39 is 17.0 Å². The van der Waals surface area contributed by atoms with Crippen LogP contribution in [0.3, 0.4) is 0 Å². The fourth-order valence-electron chi connectivity index (χ4n) is 2.11. The molecule has 23 heavy (non-hydrogen) atoms. The van der Waals surface area contributed by atoms with Crippen LogP contribution in [0.5, 0.6) is 0 Å². The number of carbonyl (C=O) groups is 2. The molecule has 1 unspecified atom stereocenters. The number of ether oxygens (including phenoxy) is 1. The predicted octanol–water partition coefficient (Wildman–Crippen LogP) is 3.33. The Balaban J connectivity index is 2.11. The van der Waals surface area contributed by atoms with E-state index in [0.29, 0.717) is 11.1 Å². The number of esters is 1. The summed E-state index contributed by atoms with van der Waals surface area (Å²) >= 11 is 0. The summed E-state index contributed by atoms with van der Waals surface area (Å²) in [5.74, 6) is -1.00. The average molecular weight is 313 g/mol. The van der Waals surface area contributed by atoms with E-state index in [1.165, 1.54) is 32.0 Å². The Hall–Kier alpha value is -3.02. The molecule has 0 saturated carbocycles. The van der Waals surface area contributed by atoms with E-state index >= 15 is 0 Å². The minimum absolute atomic E-state index is 0.0741. The number of carbonyl (C=O) groups excluding carboxylic acids is 2. The summed E-state index contributed by atoms with van der Waals surface area (Å²) in [6.07, 6.45) is -0.944. The Morgan fingerprint density at radius 1 is 1.09 bits per heavy atom. The van der Waals surface area contributed by atoms with E-state index in [2.05, 4.69) is 0 Å². The molecule has 0 bridgehead atoms. The lowest BCUT2D eigenvalue weighted by atomic mass is 10.1. The molecule has 2 aromatic carbocycles. The molecule has 1 atom stereocenters. The van der Waals surface area contributed by atoms with Crippen LogP contribution in [0.1, 0.15) is 33.2 Å². The molecule has 0 aliphatic heterocycles. The monoisotopic (exact) mass is 313 g/mol. The van der Waals surface area contributed by atoms with Crippen molar-refractivity contribution in [3.05, 3.63) is 75.3 Å². The lowest BCUT2D eigenvalue weighted by Crippen LogP contribution is -2.24. The van der Waals surface area contributed by atoms with E-state index in [4.69, 9.17) is 4.74 Å². The van der Waals surface area contributed by atoms with Gasteiger partial charge in [-0.3, -0.25) is 14.9 Å². The highest BCUT2D eigenvalue weighted by molar-refractivity contribution is 6.01. The summed E-state index contributed by atoms with van der Waals surface area (Å²) in [7, 11) is 0. The summed E-state index contributed by atoms with van der Waals surface area (Å²) in [5, 5.41) is 10.8. The van der Waals surface area contributed by atoms with Gasteiger partial charge in [-0.15, -0.1) is 0 Å². The van der Waals surface area contributed by atoms with E-state index in [1.807, 2.05) is 0 Å². The predicted molar refractivity (Wildman–Crippen MR) is 83.5 cm³/mol. The fourth-order valence-corrected chi connectivity index (χ4v) is 2.11. The standard InChI is InChI=1S/C17H15NO5/c1-11-10-14(8-9-15(11)18(21)22)17(20)23-12(2)16(19)13-6-4-3-5-7-13/h3-10,12H,1-2H3. The summed E-state index contributed by atoms with van der Waals surface area (Å²) < 4.78 is 5.15. The lowest BCUT2D eigenvalue weighted by molar-refractivity contribution is -0.385. The van der Waals surface area contributed by atoms with Crippen molar-refractivity contribution in [2.24, 2.45) is 0 Å². The number of rotatable bonds is 5. The highest BCUT2D eigenvalue weighted by Crippen LogP contribution is 2.19. The molecule has 0 heterocycles. The molecular formula is C17H15NO5. The topological polar surface area (TPSA) is 86.5 Å². The highest BCUT2D eigenvalue weighted by atomic mass is 16.6. The number of Topliss-reactive ketones (excluding diaryl/α,β-unsaturated/α-hetero) is 1. The molecule has 2 aromatic rings. The number of hydrogen-bond acceptors (Lipinski definition) is 5. The van der Waals surface area contributed by atoms with Gasteiger partial charge in [0.2, 0.25) is 5.78 Å². The zero-order chi connectivity index (χ0) is 17.0. The number of benzene rings is 2. The maximum absolute atomic E-state index is 12.2. The molecular weight excluding hydrogens is 298 g/mol. The average Bonchev–Trinajstić information content (AvgIpc) is 2.54. The van der Waals surface area contributed by atoms with Gasteiger partial charge in [0.05, 0.1) is 10.5 Å². The van der Waals surface area contributed by atoms with Crippen LogP contribution in [-0.4, -0.2) is 22.8 Å². The first kappa shape index (κ1) is 16.4. The molecule has 0 fully saturated rings. The Morgan fingerprint density at radius 3 is 2.30 bits per heavy atom. The fraction of sp³-hybridized carbons (Fsp3) is 0.176. The number of nitro benzene ring substituents is 1. The van der Waals surface area contributed by atoms with Crippen molar-refractivity contribution in [3.8, 4) is 0 Å². The first-order valence-corrected chi connectivity index (χ1v) is 6.95. The highest BCUT2D eigenvalue weighted by Gasteiger charge is 2.21. The molecule has 0 amide bonds. The number of aryl methyl sites for hydroxylation is 1. The van der Waals surface area contributed by atoms with E-state index in [-0.39, 0.29) is 17.0 Å². The van der Waals surface area contributed by atoms with Gasteiger partial charge < -0.3 is 4.74 Å². The van der Waals surface area contributed by atoms with Gasteiger partial charge in [0.25, 0.3) is 5.69 Å². The summed E-state index contributed by atoms with van der Waals surface area (Å²) in [5.41, 5.74) is 0.898. The molecule has 0 N–H and O–H groups in total. The van der Waals surface area contributed by atoms with E-state index in [1.54, 1.807) is 30.3 Å². The molecule has 0 aliphatic rings. The molecule has 118 valence electrons. The van der Waals surface area contributed by atoms with Gasteiger partial charge in [-0.2, -0.15) is 0 Å². The third-order valence-corrected chi connectivity index (χ3v) is 3.34. The van der Waals surface area contributed by atoms with Crippen molar-refractivity contribution in [1.29, 1.82) is 0 Å². The number of hydrogen-bond donors (Lipinski definition) is 0. The summed E-state index contributed by atoms with van der Waals surface area (Å²) in [6, 6.07) is 12.4. The third kappa shape index (κ3) is 3.79. The van der Waals surface area contributed by atoms with Crippen LogP contribution in [0.15, 0.2) is 48.5 Å². The van der Waals surface area contributed by atoms with Crippen LogP contribution >= 0.6 is 0 Å². The number of nitro groups is 1. The SMILES string of the molecule is Cc1cc(C(=O)OC(C)C(=O)c2ccccc2)ccc1[N+](=O)[O-]. The van der Waals surface area contributed by atoms with Crippen molar-refractivity contribution in [3.63, 3.8) is 0 Å². The summed E-state index contributed by atoms with van der Waals surface area (Å²) in [6.45, 7) is 3.03. The zero-order valence-electron chi connectivity index (χ0n) is 12.7. The summed E-state index contributed by atoms with van der Waals surface area (Å²) in [4.78, 5) is 34.5.